The predicted molar refractivity (Wildman–Crippen MR) is 238 cm³/mol. The van der Waals surface area contributed by atoms with Gasteiger partial charge in [-0.25, -0.2) is 9.97 Å². The predicted octanol–water partition coefficient (Wildman–Crippen LogP) is 6.60. The van der Waals surface area contributed by atoms with Gasteiger partial charge in [0, 0.05) is 36.6 Å². The molecule has 0 aliphatic carbocycles. The van der Waals surface area contributed by atoms with Crippen LogP contribution in [0.15, 0.2) is 97.8 Å². The monoisotopic (exact) mass is 836 g/mol. The summed E-state index contributed by atoms with van der Waals surface area (Å²) in [4.78, 5) is 63.1. The molecule has 2 saturated heterocycles. The van der Waals surface area contributed by atoms with Crippen LogP contribution in [0.3, 0.4) is 0 Å². The molecule has 0 saturated carbocycles. The lowest BCUT2D eigenvalue weighted by atomic mass is 9.89. The lowest BCUT2D eigenvalue weighted by molar-refractivity contribution is -0.146. The first-order valence-electron chi connectivity index (χ1n) is 20.7. The molecule has 16 nitrogen and oxygen atoms in total. The minimum Gasteiger partial charge on any atom is -0.383 e. The number of likely N-dealkylation sites (tertiary alicyclic amines) is 2. The number of anilines is 4. The number of amides is 4. The Morgan fingerprint density at radius 2 is 0.968 bits per heavy atom. The van der Waals surface area contributed by atoms with Crippen molar-refractivity contribution in [3.63, 3.8) is 0 Å². The summed E-state index contributed by atoms with van der Waals surface area (Å²) < 4.78 is 0. The highest BCUT2D eigenvalue weighted by molar-refractivity contribution is 6.40. The third kappa shape index (κ3) is 9.97. The molecule has 2 aliphatic heterocycles. The lowest BCUT2D eigenvalue weighted by Crippen LogP contribution is -2.46. The number of rotatable bonds is 6. The SMILES string of the molecule is Cc1cc(NC(=O)C(=O)N2C[C@@H](C)CC[C@@H]2c2ccc(-c3cn[nH]c3)cc2)cnc1N.Cc1cc(NC(=O)C(=O)N2C[C@H](C)CC[C@H]2c2ccc(-c3cn[nH]c3)cc2)cnc1N. The van der Waals surface area contributed by atoms with E-state index >= 15 is 0 Å². The molecular weight excluding hydrogens is 785 g/mol. The molecular formula is C46H52N12O4. The number of nitrogens with zero attached hydrogens (tertiary/aromatic N) is 6. The van der Waals surface area contributed by atoms with E-state index in [1.807, 2.05) is 60.9 Å². The number of nitrogen functional groups attached to an aromatic ring is 2. The van der Waals surface area contributed by atoms with Gasteiger partial charge in [0.2, 0.25) is 0 Å². The quantitative estimate of drug-likeness (QED) is 0.0984. The van der Waals surface area contributed by atoms with Gasteiger partial charge in [0.05, 0.1) is 48.2 Å². The summed E-state index contributed by atoms with van der Waals surface area (Å²) in [7, 11) is 0. The normalized spacial score (nSPS) is 18.6. The molecule has 8 N–H and O–H groups in total. The highest BCUT2D eigenvalue weighted by atomic mass is 16.2. The van der Waals surface area contributed by atoms with Crippen LogP contribution in [0.4, 0.5) is 23.0 Å². The number of aromatic nitrogens is 6. The number of nitrogens with one attached hydrogen (secondary N) is 4. The summed E-state index contributed by atoms with van der Waals surface area (Å²) in [6.07, 6.45) is 13.8. The van der Waals surface area contributed by atoms with Gasteiger partial charge in [0.1, 0.15) is 11.6 Å². The van der Waals surface area contributed by atoms with Crippen molar-refractivity contribution in [3.05, 3.63) is 120 Å². The van der Waals surface area contributed by atoms with Crippen LogP contribution in [0.2, 0.25) is 0 Å². The number of piperidine rings is 2. The summed E-state index contributed by atoms with van der Waals surface area (Å²) >= 11 is 0. The molecule has 0 spiro atoms. The van der Waals surface area contributed by atoms with Crippen molar-refractivity contribution in [1.29, 1.82) is 0 Å². The molecule has 4 aromatic heterocycles. The molecule has 2 aromatic carbocycles. The van der Waals surface area contributed by atoms with E-state index in [0.717, 1.165) is 70.2 Å². The first kappa shape index (κ1) is 42.8. The number of aromatic amines is 2. The van der Waals surface area contributed by atoms with Crippen LogP contribution in [-0.4, -0.2) is 76.9 Å². The Morgan fingerprint density at radius 1 is 0.581 bits per heavy atom. The second kappa shape index (κ2) is 18.9. The minimum atomic E-state index is -0.667. The third-order valence-corrected chi connectivity index (χ3v) is 11.6. The number of pyridine rings is 2. The van der Waals surface area contributed by atoms with Crippen LogP contribution in [0, 0.1) is 25.7 Å². The van der Waals surface area contributed by atoms with Crippen LogP contribution < -0.4 is 22.1 Å². The fraction of sp³-hybridized carbons (Fsp3) is 0.304. The number of nitrogens with two attached hydrogens (primary N) is 2. The molecule has 16 heteroatoms. The molecule has 8 rings (SSSR count). The van der Waals surface area contributed by atoms with E-state index in [2.05, 4.69) is 54.8 Å². The maximum absolute atomic E-state index is 13.1. The van der Waals surface area contributed by atoms with E-state index in [0.29, 0.717) is 47.9 Å². The van der Waals surface area contributed by atoms with Gasteiger partial charge in [-0.1, -0.05) is 62.4 Å². The summed E-state index contributed by atoms with van der Waals surface area (Å²) in [6.45, 7) is 8.89. The van der Waals surface area contributed by atoms with Gasteiger partial charge in [-0.05, 0) is 96.9 Å². The first-order chi connectivity index (χ1) is 29.8. The van der Waals surface area contributed by atoms with Gasteiger partial charge in [-0.2, -0.15) is 10.2 Å². The molecule has 320 valence electrons. The van der Waals surface area contributed by atoms with Crippen molar-refractivity contribution in [2.45, 2.75) is 65.5 Å². The number of H-pyrrole nitrogens is 2. The van der Waals surface area contributed by atoms with Gasteiger partial charge in [0.25, 0.3) is 0 Å². The van der Waals surface area contributed by atoms with Crippen molar-refractivity contribution in [3.8, 4) is 22.3 Å². The number of carbonyl (C=O) groups excluding carboxylic acids is 4. The first-order valence-corrected chi connectivity index (χ1v) is 20.7. The topological polar surface area (TPSA) is 234 Å². The van der Waals surface area contributed by atoms with E-state index in [4.69, 9.17) is 11.5 Å². The van der Waals surface area contributed by atoms with Crippen molar-refractivity contribution in [1.82, 2.24) is 40.2 Å². The average molecular weight is 837 g/mol. The molecule has 0 unspecified atom stereocenters. The van der Waals surface area contributed by atoms with Gasteiger partial charge >= 0.3 is 23.6 Å². The Labute approximate surface area is 359 Å². The van der Waals surface area contributed by atoms with E-state index in [1.165, 1.54) is 12.4 Å². The fourth-order valence-electron chi connectivity index (χ4n) is 8.00. The highest BCUT2D eigenvalue weighted by Crippen LogP contribution is 2.36. The van der Waals surface area contributed by atoms with E-state index < -0.39 is 23.6 Å². The van der Waals surface area contributed by atoms with Gasteiger partial charge < -0.3 is 31.9 Å². The molecule has 0 bridgehead atoms. The molecule has 6 aromatic rings. The maximum atomic E-state index is 13.1. The molecule has 6 heterocycles. The number of carbonyl (C=O) groups is 4. The second-order valence-electron chi connectivity index (χ2n) is 16.3. The average Bonchev–Trinajstić information content (AvgIpc) is 4.03. The van der Waals surface area contributed by atoms with Gasteiger partial charge in [0.15, 0.2) is 0 Å². The minimum absolute atomic E-state index is 0.140. The number of hydrogen-bond acceptors (Lipinski definition) is 10. The zero-order valence-electron chi connectivity index (χ0n) is 35.3. The summed E-state index contributed by atoms with van der Waals surface area (Å²) in [5.74, 6) is -0.950. The lowest BCUT2D eigenvalue weighted by Gasteiger charge is -2.38. The van der Waals surface area contributed by atoms with E-state index in [9.17, 15) is 19.2 Å². The molecule has 0 radical (unpaired) electrons. The Balaban J connectivity index is 0.000000186. The standard InChI is InChI=1S/2C23H26N6O2/c2*1-14-3-8-20(17-6-4-16(5-7-17)18-10-26-27-11-18)29(13-14)23(31)22(30)28-19-9-15(2)21(24)25-12-19/h2*4-7,9-12,14,20H,3,8,13H2,1-2H3,(H2,24,25)(H,26,27)(H,28,30)/t2*14-,20+/m10/s1. The Hall–Kier alpha value is -7.36. The van der Waals surface area contributed by atoms with Crippen LogP contribution in [0.25, 0.3) is 22.3 Å². The molecule has 4 amide bonds. The fourth-order valence-corrected chi connectivity index (χ4v) is 8.00. The number of benzene rings is 2. The van der Waals surface area contributed by atoms with E-state index in [1.54, 1.807) is 48.2 Å². The molecule has 4 atom stereocenters. The zero-order chi connectivity index (χ0) is 43.9. The maximum Gasteiger partial charge on any atom is 0.313 e. The second-order valence-corrected chi connectivity index (χ2v) is 16.3. The largest absolute Gasteiger partial charge is 0.383 e. The summed E-state index contributed by atoms with van der Waals surface area (Å²) in [5.41, 5.74) is 20.0. The van der Waals surface area contributed by atoms with Gasteiger partial charge in [-0.3, -0.25) is 29.4 Å². The van der Waals surface area contributed by atoms with Crippen molar-refractivity contribution >= 4 is 46.6 Å². The molecule has 2 aliphatic rings. The van der Waals surface area contributed by atoms with Crippen molar-refractivity contribution in [2.24, 2.45) is 11.8 Å². The van der Waals surface area contributed by atoms with Crippen LogP contribution >= 0.6 is 0 Å². The highest BCUT2D eigenvalue weighted by Gasteiger charge is 2.36. The van der Waals surface area contributed by atoms with Crippen LogP contribution in [0.1, 0.15) is 73.9 Å². The van der Waals surface area contributed by atoms with Gasteiger partial charge in [-0.15, -0.1) is 0 Å². The van der Waals surface area contributed by atoms with Crippen LogP contribution in [0.5, 0.6) is 0 Å². The number of hydrogen-bond donors (Lipinski definition) is 6. The Morgan fingerprint density at radius 3 is 1.31 bits per heavy atom. The van der Waals surface area contributed by atoms with Crippen molar-refractivity contribution in [2.75, 3.05) is 35.2 Å². The Bertz CT molecular complexity index is 2330. The third-order valence-electron chi connectivity index (χ3n) is 11.6. The smallest absolute Gasteiger partial charge is 0.313 e. The summed E-state index contributed by atoms with van der Waals surface area (Å²) in [6, 6.07) is 19.3. The molecule has 62 heavy (non-hydrogen) atoms. The number of aryl methyl sites for hydroxylation is 2. The zero-order valence-corrected chi connectivity index (χ0v) is 35.3. The molecule has 2 fully saturated rings. The summed E-state index contributed by atoms with van der Waals surface area (Å²) in [5, 5.41) is 18.9. The van der Waals surface area contributed by atoms with Crippen molar-refractivity contribution < 1.29 is 19.2 Å². The Kier molecular flexibility index (Phi) is 13.0. The van der Waals surface area contributed by atoms with Crippen LogP contribution in [-0.2, 0) is 19.2 Å². The van der Waals surface area contributed by atoms with E-state index in [-0.39, 0.29) is 12.1 Å².